The number of hydrogen-bond donors (Lipinski definition) is 1. The van der Waals surface area contributed by atoms with E-state index in [9.17, 15) is 13.2 Å². The first-order valence-electron chi connectivity index (χ1n) is 5.93. The molecule has 2 N–H and O–H groups in total. The third kappa shape index (κ3) is 2.96. The van der Waals surface area contributed by atoms with E-state index >= 15 is 0 Å². The Morgan fingerprint density at radius 2 is 1.79 bits per heavy atom. The van der Waals surface area contributed by atoms with Gasteiger partial charge in [-0.2, -0.15) is 0 Å². The SMILES string of the molecule is Cc1cccc(CC(N)c2ccc(F)c(F)c2F)c1. The average Bonchev–Trinajstić information content (AvgIpc) is 2.36. The van der Waals surface area contributed by atoms with Gasteiger partial charge >= 0.3 is 0 Å². The van der Waals surface area contributed by atoms with Gasteiger partial charge in [0.1, 0.15) is 0 Å². The van der Waals surface area contributed by atoms with Crippen LogP contribution < -0.4 is 5.73 Å². The van der Waals surface area contributed by atoms with Crippen LogP contribution in [0.2, 0.25) is 0 Å². The molecule has 0 aliphatic carbocycles. The number of benzene rings is 2. The van der Waals surface area contributed by atoms with Crippen LogP contribution in [-0.2, 0) is 6.42 Å². The van der Waals surface area contributed by atoms with Gasteiger partial charge in [-0.15, -0.1) is 0 Å². The first kappa shape index (κ1) is 13.6. The highest BCUT2D eigenvalue weighted by Gasteiger charge is 2.18. The zero-order chi connectivity index (χ0) is 14.0. The van der Waals surface area contributed by atoms with Crippen LogP contribution in [0.15, 0.2) is 36.4 Å². The summed E-state index contributed by atoms with van der Waals surface area (Å²) in [5.74, 6) is -3.89. The molecule has 0 saturated carbocycles. The fourth-order valence-electron chi connectivity index (χ4n) is 2.03. The Hall–Kier alpha value is -1.81. The highest BCUT2D eigenvalue weighted by Crippen LogP contribution is 2.23. The van der Waals surface area contributed by atoms with Crippen LogP contribution in [0.5, 0.6) is 0 Å². The molecule has 4 heteroatoms. The Kier molecular flexibility index (Phi) is 3.90. The quantitative estimate of drug-likeness (QED) is 0.842. The zero-order valence-corrected chi connectivity index (χ0v) is 10.5. The number of aryl methyl sites for hydroxylation is 1. The predicted molar refractivity (Wildman–Crippen MR) is 68.1 cm³/mol. The maximum absolute atomic E-state index is 13.6. The molecule has 0 aliphatic rings. The average molecular weight is 265 g/mol. The van der Waals surface area contributed by atoms with Crippen LogP contribution >= 0.6 is 0 Å². The van der Waals surface area contributed by atoms with Crippen molar-refractivity contribution in [2.75, 3.05) is 0 Å². The minimum absolute atomic E-state index is 0.0135. The van der Waals surface area contributed by atoms with Crippen molar-refractivity contribution in [3.05, 3.63) is 70.5 Å². The van der Waals surface area contributed by atoms with Gasteiger partial charge in [-0.1, -0.05) is 35.9 Å². The largest absolute Gasteiger partial charge is 0.324 e. The third-order valence-electron chi connectivity index (χ3n) is 3.00. The van der Waals surface area contributed by atoms with Gasteiger partial charge in [0.05, 0.1) is 0 Å². The van der Waals surface area contributed by atoms with Crippen molar-refractivity contribution >= 4 is 0 Å². The van der Waals surface area contributed by atoms with E-state index in [4.69, 9.17) is 5.73 Å². The molecule has 1 atom stereocenters. The molecule has 19 heavy (non-hydrogen) atoms. The summed E-state index contributed by atoms with van der Waals surface area (Å²) >= 11 is 0. The molecule has 0 spiro atoms. The molecule has 1 unspecified atom stereocenters. The van der Waals surface area contributed by atoms with Gasteiger partial charge in [-0.25, -0.2) is 13.2 Å². The second-order valence-electron chi connectivity index (χ2n) is 4.56. The minimum Gasteiger partial charge on any atom is -0.324 e. The van der Waals surface area contributed by atoms with E-state index < -0.39 is 23.5 Å². The second-order valence-corrected chi connectivity index (χ2v) is 4.56. The first-order valence-corrected chi connectivity index (χ1v) is 5.93. The van der Waals surface area contributed by atoms with E-state index in [1.54, 1.807) is 0 Å². The number of rotatable bonds is 3. The molecule has 0 bridgehead atoms. The normalized spacial score (nSPS) is 12.5. The lowest BCUT2D eigenvalue weighted by Gasteiger charge is -2.14. The standard InChI is InChI=1S/C15H14F3N/c1-9-3-2-4-10(7-9)8-13(19)11-5-6-12(16)15(18)14(11)17/h2-7,13H,8,19H2,1H3. The maximum Gasteiger partial charge on any atom is 0.194 e. The summed E-state index contributed by atoms with van der Waals surface area (Å²) in [4.78, 5) is 0. The molecule has 0 aromatic heterocycles. The monoisotopic (exact) mass is 265 g/mol. The lowest BCUT2D eigenvalue weighted by Crippen LogP contribution is -2.16. The summed E-state index contributed by atoms with van der Waals surface area (Å²) < 4.78 is 39.6. The molecule has 0 aliphatic heterocycles. The van der Waals surface area contributed by atoms with Gasteiger partial charge in [0.25, 0.3) is 0 Å². The number of hydrogen-bond acceptors (Lipinski definition) is 1. The van der Waals surface area contributed by atoms with Crippen molar-refractivity contribution in [1.82, 2.24) is 0 Å². The molecule has 2 rings (SSSR count). The molecule has 0 heterocycles. The molecule has 0 saturated heterocycles. The Balaban J connectivity index is 2.25. The molecule has 2 aromatic carbocycles. The van der Waals surface area contributed by atoms with Crippen LogP contribution in [0.1, 0.15) is 22.7 Å². The molecule has 0 radical (unpaired) electrons. The van der Waals surface area contributed by atoms with Crippen molar-refractivity contribution in [2.45, 2.75) is 19.4 Å². The zero-order valence-electron chi connectivity index (χ0n) is 10.5. The maximum atomic E-state index is 13.6. The smallest absolute Gasteiger partial charge is 0.194 e. The second kappa shape index (κ2) is 5.45. The summed E-state index contributed by atoms with van der Waals surface area (Å²) in [5, 5.41) is 0. The molecule has 100 valence electrons. The van der Waals surface area contributed by atoms with Crippen molar-refractivity contribution in [2.24, 2.45) is 5.73 Å². The molecule has 1 nitrogen and oxygen atoms in total. The topological polar surface area (TPSA) is 26.0 Å². The molecule has 0 amide bonds. The highest BCUT2D eigenvalue weighted by molar-refractivity contribution is 5.28. The first-order chi connectivity index (χ1) is 8.99. The van der Waals surface area contributed by atoms with Gasteiger partial charge in [0.15, 0.2) is 17.5 Å². The summed E-state index contributed by atoms with van der Waals surface area (Å²) in [7, 11) is 0. The number of halogens is 3. The lowest BCUT2D eigenvalue weighted by molar-refractivity contribution is 0.435. The van der Waals surface area contributed by atoms with Gasteiger partial charge in [-0.3, -0.25) is 0 Å². The predicted octanol–water partition coefficient (Wildman–Crippen LogP) is 3.65. The summed E-state index contributed by atoms with van der Waals surface area (Å²) in [5.41, 5.74) is 7.85. The van der Waals surface area contributed by atoms with Crippen LogP contribution in [0.3, 0.4) is 0 Å². The molecule has 0 fully saturated rings. The Morgan fingerprint density at radius 3 is 2.47 bits per heavy atom. The van der Waals surface area contributed by atoms with Gasteiger partial charge in [0, 0.05) is 11.6 Å². The van der Waals surface area contributed by atoms with Gasteiger partial charge in [0.2, 0.25) is 0 Å². The van der Waals surface area contributed by atoms with E-state index in [0.29, 0.717) is 6.42 Å². The minimum atomic E-state index is -1.47. The van der Waals surface area contributed by atoms with E-state index in [0.717, 1.165) is 17.2 Å². The van der Waals surface area contributed by atoms with E-state index in [1.165, 1.54) is 6.07 Å². The molecule has 2 aromatic rings. The van der Waals surface area contributed by atoms with Crippen LogP contribution in [0.4, 0.5) is 13.2 Å². The number of nitrogens with two attached hydrogens (primary N) is 1. The van der Waals surface area contributed by atoms with E-state index in [1.807, 2.05) is 31.2 Å². The summed E-state index contributed by atoms with van der Waals surface area (Å²) in [6, 6.07) is 8.98. The summed E-state index contributed by atoms with van der Waals surface area (Å²) in [6.45, 7) is 1.94. The van der Waals surface area contributed by atoms with Crippen molar-refractivity contribution in [1.29, 1.82) is 0 Å². The molecular weight excluding hydrogens is 251 g/mol. The Labute approximate surface area is 109 Å². The molecular formula is C15H14F3N. The van der Waals surface area contributed by atoms with Crippen LogP contribution in [0, 0.1) is 24.4 Å². The van der Waals surface area contributed by atoms with Gasteiger partial charge in [-0.05, 0) is 25.0 Å². The van der Waals surface area contributed by atoms with Crippen molar-refractivity contribution in [3.8, 4) is 0 Å². The van der Waals surface area contributed by atoms with Gasteiger partial charge < -0.3 is 5.73 Å². The van der Waals surface area contributed by atoms with Crippen molar-refractivity contribution in [3.63, 3.8) is 0 Å². The van der Waals surface area contributed by atoms with Crippen molar-refractivity contribution < 1.29 is 13.2 Å². The summed E-state index contributed by atoms with van der Waals surface area (Å²) in [6.07, 6.45) is 0.365. The fourth-order valence-corrected chi connectivity index (χ4v) is 2.03. The lowest BCUT2D eigenvalue weighted by atomic mass is 9.98. The Bertz CT molecular complexity index is 596. The third-order valence-corrected chi connectivity index (χ3v) is 3.00. The highest BCUT2D eigenvalue weighted by atomic mass is 19.2. The fraction of sp³-hybridized carbons (Fsp3) is 0.200. The van der Waals surface area contributed by atoms with E-state index in [-0.39, 0.29) is 5.56 Å². The Morgan fingerprint density at radius 1 is 1.05 bits per heavy atom. The van der Waals surface area contributed by atoms with E-state index in [2.05, 4.69) is 0 Å². The van der Waals surface area contributed by atoms with Crippen LogP contribution in [0.25, 0.3) is 0 Å². The van der Waals surface area contributed by atoms with Crippen LogP contribution in [-0.4, -0.2) is 0 Å².